The minimum atomic E-state index is -1.24. The van der Waals surface area contributed by atoms with E-state index in [0.717, 1.165) is 0 Å². The molecule has 1 aromatic heterocycles. The van der Waals surface area contributed by atoms with Crippen LogP contribution in [-0.4, -0.2) is 20.2 Å². The average molecular weight is 200 g/mol. The summed E-state index contributed by atoms with van der Waals surface area (Å²) in [6, 6.07) is 0. The first kappa shape index (κ1) is 10.1. The first-order chi connectivity index (χ1) is 6.00. The lowest BCUT2D eigenvalue weighted by Gasteiger charge is -2.12. The van der Waals surface area contributed by atoms with E-state index in [4.69, 9.17) is 4.42 Å². The van der Waals surface area contributed by atoms with E-state index in [1.165, 1.54) is 18.8 Å². The van der Waals surface area contributed by atoms with Crippen molar-refractivity contribution >= 4 is 17.2 Å². The average Bonchev–Trinajstić information content (AvgIpc) is 2.50. The van der Waals surface area contributed by atoms with Crippen LogP contribution in [0.1, 0.15) is 26.5 Å². The van der Waals surface area contributed by atoms with Crippen LogP contribution in [0.3, 0.4) is 0 Å². The first-order valence-electron chi connectivity index (χ1n) is 3.85. The summed E-state index contributed by atoms with van der Waals surface area (Å²) in [6.07, 6.45) is 4.25. The maximum absolute atomic E-state index is 11.4. The SMILES string of the molecule is CC(C)(C)S(=O)N=Cc1cnco1. The smallest absolute Gasteiger partial charge is 0.181 e. The van der Waals surface area contributed by atoms with Gasteiger partial charge < -0.3 is 4.42 Å². The Kier molecular flexibility index (Phi) is 2.98. The highest BCUT2D eigenvalue weighted by Crippen LogP contribution is 2.11. The third-order valence-corrected chi connectivity index (χ3v) is 2.60. The van der Waals surface area contributed by atoms with Crippen LogP contribution < -0.4 is 0 Å². The zero-order chi connectivity index (χ0) is 9.90. The molecule has 13 heavy (non-hydrogen) atoms. The Morgan fingerprint density at radius 3 is 2.77 bits per heavy atom. The Morgan fingerprint density at radius 2 is 2.31 bits per heavy atom. The van der Waals surface area contributed by atoms with Gasteiger partial charge >= 0.3 is 0 Å². The molecule has 0 spiro atoms. The van der Waals surface area contributed by atoms with Gasteiger partial charge in [-0.15, -0.1) is 0 Å². The normalized spacial score (nSPS) is 15.0. The van der Waals surface area contributed by atoms with E-state index >= 15 is 0 Å². The van der Waals surface area contributed by atoms with Crippen LogP contribution in [0.2, 0.25) is 0 Å². The van der Waals surface area contributed by atoms with Crippen LogP contribution >= 0.6 is 0 Å². The van der Waals surface area contributed by atoms with Gasteiger partial charge in [0, 0.05) is 0 Å². The molecule has 0 amide bonds. The van der Waals surface area contributed by atoms with Crippen molar-refractivity contribution in [1.29, 1.82) is 0 Å². The molecule has 0 saturated carbocycles. The van der Waals surface area contributed by atoms with Gasteiger partial charge in [0.25, 0.3) is 0 Å². The molecule has 5 heteroatoms. The van der Waals surface area contributed by atoms with Crippen LogP contribution in [0, 0.1) is 0 Å². The highest BCUT2D eigenvalue weighted by molar-refractivity contribution is 7.85. The van der Waals surface area contributed by atoms with Gasteiger partial charge in [-0.05, 0) is 20.8 Å². The molecule has 1 heterocycles. The second-order valence-electron chi connectivity index (χ2n) is 3.50. The Labute approximate surface area is 79.7 Å². The van der Waals surface area contributed by atoms with Crippen LogP contribution in [0.25, 0.3) is 0 Å². The van der Waals surface area contributed by atoms with Crippen molar-refractivity contribution in [2.45, 2.75) is 25.5 Å². The molecule has 0 bridgehead atoms. The molecule has 0 N–H and O–H groups in total. The van der Waals surface area contributed by atoms with Crippen molar-refractivity contribution in [3.63, 3.8) is 0 Å². The molecular formula is C8H12N2O2S. The number of hydrogen-bond acceptors (Lipinski definition) is 3. The Hall–Kier alpha value is -0.970. The molecule has 0 aliphatic rings. The van der Waals surface area contributed by atoms with Crippen LogP contribution in [0.4, 0.5) is 0 Å². The summed E-state index contributed by atoms with van der Waals surface area (Å²) >= 11 is 0. The minimum absolute atomic E-state index is 0.337. The molecule has 0 radical (unpaired) electrons. The van der Waals surface area contributed by atoms with E-state index in [-0.39, 0.29) is 4.75 Å². The summed E-state index contributed by atoms with van der Waals surface area (Å²) in [6.45, 7) is 5.59. The van der Waals surface area contributed by atoms with E-state index in [1.807, 2.05) is 20.8 Å². The molecule has 1 rings (SSSR count). The largest absolute Gasteiger partial charge is 0.442 e. The summed E-state index contributed by atoms with van der Waals surface area (Å²) in [5.41, 5.74) is 0. The summed E-state index contributed by atoms with van der Waals surface area (Å²) < 4.78 is 19.8. The first-order valence-corrected chi connectivity index (χ1v) is 4.95. The molecule has 0 fully saturated rings. The molecule has 0 saturated heterocycles. The van der Waals surface area contributed by atoms with Gasteiger partial charge in [0.1, 0.15) is 11.0 Å². The number of hydrogen-bond donors (Lipinski definition) is 0. The third-order valence-electron chi connectivity index (χ3n) is 1.25. The maximum Gasteiger partial charge on any atom is 0.181 e. The topological polar surface area (TPSA) is 55.5 Å². The number of aromatic nitrogens is 1. The van der Waals surface area contributed by atoms with Gasteiger partial charge in [-0.25, -0.2) is 9.19 Å². The quantitative estimate of drug-likeness (QED) is 0.681. The molecule has 4 nitrogen and oxygen atoms in total. The lowest BCUT2D eigenvalue weighted by molar-refractivity contribution is 0.551. The minimum Gasteiger partial charge on any atom is -0.442 e. The van der Waals surface area contributed by atoms with Gasteiger partial charge in [-0.3, -0.25) is 0 Å². The number of rotatable bonds is 2. The fraction of sp³-hybridized carbons (Fsp3) is 0.500. The van der Waals surface area contributed by atoms with E-state index in [2.05, 4.69) is 9.38 Å². The van der Waals surface area contributed by atoms with E-state index in [1.54, 1.807) is 0 Å². The van der Waals surface area contributed by atoms with Crippen molar-refractivity contribution in [2.24, 2.45) is 4.40 Å². The Morgan fingerprint density at radius 1 is 1.62 bits per heavy atom. The van der Waals surface area contributed by atoms with Crippen molar-refractivity contribution in [1.82, 2.24) is 4.98 Å². The van der Waals surface area contributed by atoms with Gasteiger partial charge in [0.2, 0.25) is 0 Å². The molecule has 1 unspecified atom stereocenters. The van der Waals surface area contributed by atoms with Crippen LogP contribution in [0.15, 0.2) is 21.4 Å². The highest BCUT2D eigenvalue weighted by Gasteiger charge is 2.18. The van der Waals surface area contributed by atoms with Gasteiger partial charge in [-0.1, -0.05) is 0 Å². The van der Waals surface area contributed by atoms with Crippen molar-refractivity contribution in [3.8, 4) is 0 Å². The third kappa shape index (κ3) is 3.10. The molecular weight excluding hydrogens is 188 g/mol. The maximum atomic E-state index is 11.4. The number of oxazole rings is 1. The van der Waals surface area contributed by atoms with Gasteiger partial charge in [0.05, 0.1) is 17.2 Å². The Bertz CT molecular complexity index is 311. The summed E-state index contributed by atoms with van der Waals surface area (Å²) in [5, 5.41) is 0. The van der Waals surface area contributed by atoms with E-state index < -0.39 is 11.0 Å². The second kappa shape index (κ2) is 3.83. The lowest BCUT2D eigenvalue weighted by atomic mass is 10.3. The van der Waals surface area contributed by atoms with Crippen LogP contribution in [-0.2, 0) is 11.0 Å². The molecule has 0 aromatic carbocycles. The second-order valence-corrected chi connectivity index (χ2v) is 5.43. The highest BCUT2D eigenvalue weighted by atomic mass is 32.2. The van der Waals surface area contributed by atoms with E-state index in [0.29, 0.717) is 5.76 Å². The molecule has 1 atom stereocenters. The van der Waals surface area contributed by atoms with Crippen LogP contribution in [0.5, 0.6) is 0 Å². The van der Waals surface area contributed by atoms with Gasteiger partial charge in [-0.2, -0.15) is 4.40 Å². The molecule has 1 aromatic rings. The van der Waals surface area contributed by atoms with Crippen molar-refractivity contribution in [3.05, 3.63) is 18.4 Å². The molecule has 0 aliphatic heterocycles. The molecule has 0 aliphatic carbocycles. The fourth-order valence-corrected chi connectivity index (χ4v) is 1.06. The standard InChI is InChI=1S/C8H12N2O2S/c1-8(2,3)13(11)10-5-7-4-9-6-12-7/h4-6H,1-3H3. The van der Waals surface area contributed by atoms with E-state index in [9.17, 15) is 4.21 Å². The summed E-state index contributed by atoms with van der Waals surface area (Å²) in [4.78, 5) is 3.71. The van der Waals surface area contributed by atoms with Crippen molar-refractivity contribution < 1.29 is 8.63 Å². The molecule has 72 valence electrons. The number of nitrogens with zero attached hydrogens (tertiary/aromatic N) is 2. The van der Waals surface area contributed by atoms with Crippen molar-refractivity contribution in [2.75, 3.05) is 0 Å². The monoisotopic (exact) mass is 200 g/mol. The summed E-state index contributed by atoms with van der Waals surface area (Å²) in [5.74, 6) is 0.512. The lowest BCUT2D eigenvalue weighted by Crippen LogP contribution is -2.19. The Balaban J connectivity index is 2.65. The predicted molar refractivity (Wildman–Crippen MR) is 52.0 cm³/mol. The zero-order valence-corrected chi connectivity index (χ0v) is 8.67. The van der Waals surface area contributed by atoms with Gasteiger partial charge in [0.15, 0.2) is 12.2 Å². The summed E-state index contributed by atoms with van der Waals surface area (Å²) in [7, 11) is -1.24. The zero-order valence-electron chi connectivity index (χ0n) is 7.85. The predicted octanol–water partition coefficient (Wildman–Crippen LogP) is 1.56. The fourth-order valence-electron chi connectivity index (χ4n) is 0.547.